The summed E-state index contributed by atoms with van der Waals surface area (Å²) >= 11 is 4.54. The van der Waals surface area contributed by atoms with E-state index in [1.54, 1.807) is 4.90 Å². The van der Waals surface area contributed by atoms with Crippen LogP contribution in [0.4, 0.5) is 5.69 Å². The predicted molar refractivity (Wildman–Crippen MR) is 97.1 cm³/mol. The van der Waals surface area contributed by atoms with Crippen molar-refractivity contribution in [1.29, 1.82) is 0 Å². The summed E-state index contributed by atoms with van der Waals surface area (Å²) < 4.78 is 0. The second-order valence-corrected chi connectivity index (χ2v) is 6.74. The minimum absolute atomic E-state index is 0.190. The Bertz CT molecular complexity index is 548. The van der Waals surface area contributed by atoms with E-state index in [1.807, 2.05) is 56.5 Å². The number of rotatable bonds is 4. The van der Waals surface area contributed by atoms with Crippen LogP contribution in [-0.2, 0) is 4.79 Å². The predicted octanol–water partition coefficient (Wildman–Crippen LogP) is 4.02. The lowest BCUT2D eigenvalue weighted by molar-refractivity contribution is -0.123. The SMILES string of the molecule is CN(C)/C=C(\S)c1cccc(N(C)C(=O)C2CCCCC2)c1. The van der Waals surface area contributed by atoms with Crippen molar-refractivity contribution in [2.45, 2.75) is 32.1 Å². The molecule has 0 atom stereocenters. The highest BCUT2D eigenvalue weighted by atomic mass is 32.1. The van der Waals surface area contributed by atoms with Gasteiger partial charge in [0, 0.05) is 43.9 Å². The molecular weight excluding hydrogens is 292 g/mol. The van der Waals surface area contributed by atoms with Crippen molar-refractivity contribution in [3.8, 4) is 0 Å². The lowest BCUT2D eigenvalue weighted by Crippen LogP contribution is -2.33. The molecule has 3 nitrogen and oxygen atoms in total. The van der Waals surface area contributed by atoms with E-state index in [9.17, 15) is 4.79 Å². The molecule has 0 N–H and O–H groups in total. The molecule has 2 rings (SSSR count). The van der Waals surface area contributed by atoms with Crippen molar-refractivity contribution in [2.75, 3.05) is 26.0 Å². The Morgan fingerprint density at radius 1 is 1.18 bits per heavy atom. The number of amides is 1. The maximum absolute atomic E-state index is 12.6. The maximum atomic E-state index is 12.6. The highest BCUT2D eigenvalue weighted by Gasteiger charge is 2.24. The van der Waals surface area contributed by atoms with E-state index < -0.39 is 0 Å². The van der Waals surface area contributed by atoms with Gasteiger partial charge >= 0.3 is 0 Å². The Morgan fingerprint density at radius 2 is 1.86 bits per heavy atom. The molecule has 0 heterocycles. The molecule has 1 fully saturated rings. The van der Waals surface area contributed by atoms with Crippen LogP contribution in [0.25, 0.3) is 4.91 Å². The highest BCUT2D eigenvalue weighted by molar-refractivity contribution is 7.90. The van der Waals surface area contributed by atoms with Crippen LogP contribution < -0.4 is 4.90 Å². The minimum Gasteiger partial charge on any atom is -0.383 e. The summed E-state index contributed by atoms with van der Waals surface area (Å²) in [7, 11) is 5.82. The maximum Gasteiger partial charge on any atom is 0.229 e. The minimum atomic E-state index is 0.190. The van der Waals surface area contributed by atoms with E-state index in [0.29, 0.717) is 0 Å². The molecule has 4 heteroatoms. The number of hydrogen-bond acceptors (Lipinski definition) is 3. The van der Waals surface area contributed by atoms with Crippen LogP contribution in [0.1, 0.15) is 37.7 Å². The standard InChI is InChI=1S/C18H26N2OS/c1-19(2)13-17(22)15-10-7-11-16(12-15)20(3)18(21)14-8-5-4-6-9-14/h7,10-14,22H,4-6,8-9H2,1-3H3/b17-13-. The zero-order valence-corrected chi connectivity index (χ0v) is 14.6. The molecule has 1 aliphatic carbocycles. The first-order valence-corrected chi connectivity index (χ1v) is 8.39. The molecule has 1 aromatic carbocycles. The summed E-state index contributed by atoms with van der Waals surface area (Å²) in [6, 6.07) is 8.02. The molecule has 0 unspecified atom stereocenters. The highest BCUT2D eigenvalue weighted by Crippen LogP contribution is 2.28. The van der Waals surface area contributed by atoms with Crippen LogP contribution in [-0.4, -0.2) is 32.0 Å². The monoisotopic (exact) mass is 318 g/mol. The van der Waals surface area contributed by atoms with Gasteiger partial charge in [-0.3, -0.25) is 4.79 Å². The fraction of sp³-hybridized carbons (Fsp3) is 0.500. The first-order chi connectivity index (χ1) is 10.5. The molecule has 0 bridgehead atoms. The molecule has 0 radical (unpaired) electrons. The van der Waals surface area contributed by atoms with Gasteiger partial charge in [-0.25, -0.2) is 0 Å². The van der Waals surface area contributed by atoms with E-state index in [4.69, 9.17) is 0 Å². The van der Waals surface area contributed by atoms with Gasteiger partial charge in [-0.05, 0) is 30.5 Å². The number of hydrogen-bond donors (Lipinski definition) is 1. The fourth-order valence-electron chi connectivity index (χ4n) is 2.94. The van der Waals surface area contributed by atoms with Gasteiger partial charge in [0.2, 0.25) is 5.91 Å². The second-order valence-electron chi connectivity index (χ2n) is 6.26. The van der Waals surface area contributed by atoms with Crippen LogP contribution in [0, 0.1) is 5.92 Å². The van der Waals surface area contributed by atoms with Crippen LogP contribution in [0.3, 0.4) is 0 Å². The van der Waals surface area contributed by atoms with Gasteiger partial charge in [0.1, 0.15) is 0 Å². The molecule has 1 saturated carbocycles. The Morgan fingerprint density at radius 3 is 2.50 bits per heavy atom. The molecule has 1 aromatic rings. The first kappa shape index (κ1) is 16.9. The summed E-state index contributed by atoms with van der Waals surface area (Å²) in [5, 5.41) is 0. The van der Waals surface area contributed by atoms with Gasteiger partial charge in [0.05, 0.1) is 0 Å². The summed E-state index contributed by atoms with van der Waals surface area (Å²) in [5.41, 5.74) is 1.96. The smallest absolute Gasteiger partial charge is 0.229 e. The van der Waals surface area contributed by atoms with Crippen LogP contribution >= 0.6 is 12.6 Å². The van der Waals surface area contributed by atoms with Gasteiger partial charge in [0.25, 0.3) is 0 Å². The first-order valence-electron chi connectivity index (χ1n) is 7.94. The Balaban J connectivity index is 2.16. The van der Waals surface area contributed by atoms with Gasteiger partial charge in [-0.1, -0.05) is 31.4 Å². The van der Waals surface area contributed by atoms with E-state index >= 15 is 0 Å². The summed E-state index contributed by atoms with van der Waals surface area (Å²) in [6.07, 6.45) is 7.64. The Hall–Kier alpha value is -1.42. The third-order valence-corrected chi connectivity index (χ3v) is 4.57. The average molecular weight is 318 g/mol. The Labute approximate surface area is 139 Å². The lowest BCUT2D eigenvalue weighted by atomic mass is 9.88. The van der Waals surface area contributed by atoms with Gasteiger partial charge in [-0.15, -0.1) is 12.6 Å². The van der Waals surface area contributed by atoms with E-state index in [2.05, 4.69) is 12.6 Å². The normalized spacial score (nSPS) is 16.5. The molecule has 1 amide bonds. The van der Waals surface area contributed by atoms with Crippen molar-refractivity contribution < 1.29 is 4.79 Å². The largest absolute Gasteiger partial charge is 0.383 e. The Kier molecular flexibility index (Phi) is 5.95. The number of anilines is 1. The average Bonchev–Trinajstić information content (AvgIpc) is 2.54. The van der Waals surface area contributed by atoms with Gasteiger partial charge < -0.3 is 9.80 Å². The molecule has 120 valence electrons. The van der Waals surface area contributed by atoms with Crippen LogP contribution in [0.5, 0.6) is 0 Å². The molecule has 0 aliphatic heterocycles. The van der Waals surface area contributed by atoms with Crippen molar-refractivity contribution in [3.05, 3.63) is 36.0 Å². The summed E-state index contributed by atoms with van der Waals surface area (Å²) in [4.78, 5) is 17.3. The van der Waals surface area contributed by atoms with E-state index in [1.165, 1.54) is 19.3 Å². The number of carbonyl (C=O) groups excluding carboxylic acids is 1. The van der Waals surface area contributed by atoms with Crippen LogP contribution in [0.15, 0.2) is 30.5 Å². The summed E-state index contributed by atoms with van der Waals surface area (Å²) in [5.74, 6) is 0.435. The molecular formula is C18H26N2OS. The zero-order chi connectivity index (χ0) is 16.1. The quantitative estimate of drug-likeness (QED) is 0.848. The van der Waals surface area contributed by atoms with E-state index in [0.717, 1.165) is 29.0 Å². The van der Waals surface area contributed by atoms with Crippen molar-refractivity contribution >= 4 is 29.1 Å². The van der Waals surface area contributed by atoms with Gasteiger partial charge in [-0.2, -0.15) is 0 Å². The van der Waals surface area contributed by atoms with Gasteiger partial charge in [0.15, 0.2) is 0 Å². The zero-order valence-electron chi connectivity index (χ0n) is 13.7. The van der Waals surface area contributed by atoms with Crippen molar-refractivity contribution in [2.24, 2.45) is 5.92 Å². The third kappa shape index (κ3) is 4.29. The number of thiol groups is 1. The second kappa shape index (κ2) is 7.73. The topological polar surface area (TPSA) is 23.6 Å². The molecule has 0 saturated heterocycles. The number of nitrogens with zero attached hydrogens (tertiary/aromatic N) is 2. The third-order valence-electron chi connectivity index (χ3n) is 4.19. The van der Waals surface area contributed by atoms with E-state index in [-0.39, 0.29) is 11.8 Å². The molecule has 22 heavy (non-hydrogen) atoms. The molecule has 0 aromatic heterocycles. The van der Waals surface area contributed by atoms with Crippen molar-refractivity contribution in [1.82, 2.24) is 4.90 Å². The fourth-order valence-corrected chi connectivity index (χ4v) is 3.31. The summed E-state index contributed by atoms with van der Waals surface area (Å²) in [6.45, 7) is 0. The molecule has 1 aliphatic rings. The number of carbonyl (C=O) groups is 1. The molecule has 0 spiro atoms. The number of benzene rings is 1. The van der Waals surface area contributed by atoms with Crippen molar-refractivity contribution in [3.63, 3.8) is 0 Å². The lowest BCUT2D eigenvalue weighted by Gasteiger charge is -2.26. The van der Waals surface area contributed by atoms with Crippen LogP contribution in [0.2, 0.25) is 0 Å².